The van der Waals surface area contributed by atoms with Crippen LogP contribution < -0.4 is 5.32 Å². The second kappa shape index (κ2) is 6.48. The Morgan fingerprint density at radius 1 is 1.63 bits per heavy atom. The summed E-state index contributed by atoms with van der Waals surface area (Å²) in [6.45, 7) is 4.07. The number of amides is 1. The average Bonchev–Trinajstić information content (AvgIpc) is 2.75. The fourth-order valence-electron chi connectivity index (χ4n) is 2.58. The number of aliphatic hydroxyl groups is 1. The molecule has 0 aliphatic heterocycles. The van der Waals surface area contributed by atoms with Crippen molar-refractivity contribution in [3.05, 3.63) is 16.1 Å². The molecule has 1 aromatic rings. The van der Waals surface area contributed by atoms with Crippen LogP contribution in [0.15, 0.2) is 5.51 Å². The minimum absolute atomic E-state index is 0.112. The number of aromatic nitrogens is 1. The summed E-state index contributed by atoms with van der Waals surface area (Å²) >= 11 is 1.61. The summed E-state index contributed by atoms with van der Waals surface area (Å²) < 4.78 is 0. The number of thiazole rings is 1. The molecule has 1 aliphatic rings. The smallest absolute Gasteiger partial charge is 0.220 e. The zero-order chi connectivity index (χ0) is 13.8. The number of hydrogen-bond acceptors (Lipinski definition) is 4. The Bertz CT molecular complexity index is 427. The van der Waals surface area contributed by atoms with Crippen molar-refractivity contribution in [2.45, 2.75) is 58.1 Å². The lowest BCUT2D eigenvalue weighted by atomic mass is 9.76. The molecule has 19 heavy (non-hydrogen) atoms. The predicted octanol–water partition coefficient (Wildman–Crippen LogP) is 2.05. The molecule has 2 N–H and O–H groups in total. The first-order valence-electron chi connectivity index (χ1n) is 6.96. The van der Waals surface area contributed by atoms with Gasteiger partial charge in [-0.05, 0) is 38.5 Å². The van der Waals surface area contributed by atoms with Crippen molar-refractivity contribution >= 4 is 17.2 Å². The highest BCUT2D eigenvalue weighted by Gasteiger charge is 2.33. The number of rotatable bonds is 6. The molecule has 0 aromatic carbocycles. The number of nitrogens with one attached hydrogen (secondary N) is 1. The Balaban J connectivity index is 1.75. The number of aliphatic hydroxyl groups excluding tert-OH is 1. The molecular weight excluding hydrogens is 260 g/mol. The van der Waals surface area contributed by atoms with Crippen LogP contribution in [0.2, 0.25) is 0 Å². The van der Waals surface area contributed by atoms with E-state index in [1.807, 2.05) is 12.4 Å². The molecule has 1 heterocycles. The maximum atomic E-state index is 12.0. The van der Waals surface area contributed by atoms with Gasteiger partial charge in [0.2, 0.25) is 5.91 Å². The highest BCUT2D eigenvalue weighted by molar-refractivity contribution is 7.09. The van der Waals surface area contributed by atoms with Crippen LogP contribution in [0.1, 0.15) is 43.2 Å². The molecule has 1 aromatic heterocycles. The fraction of sp³-hybridized carbons (Fsp3) is 0.714. The molecule has 1 unspecified atom stereocenters. The fourth-order valence-corrected chi connectivity index (χ4v) is 3.37. The van der Waals surface area contributed by atoms with Gasteiger partial charge in [0.05, 0.1) is 17.3 Å². The minimum atomic E-state index is -0.157. The maximum absolute atomic E-state index is 12.0. The van der Waals surface area contributed by atoms with Gasteiger partial charge in [0.25, 0.3) is 0 Å². The topological polar surface area (TPSA) is 62.2 Å². The third-order valence-corrected chi connectivity index (χ3v) is 4.92. The Hall–Kier alpha value is -0.940. The van der Waals surface area contributed by atoms with Crippen molar-refractivity contribution in [2.24, 2.45) is 5.92 Å². The molecule has 1 atom stereocenters. The van der Waals surface area contributed by atoms with Crippen LogP contribution in [0.5, 0.6) is 0 Å². The van der Waals surface area contributed by atoms with Crippen molar-refractivity contribution < 1.29 is 9.90 Å². The summed E-state index contributed by atoms with van der Waals surface area (Å²) in [7, 11) is 0. The van der Waals surface area contributed by atoms with Gasteiger partial charge in [0.15, 0.2) is 0 Å². The zero-order valence-corrected chi connectivity index (χ0v) is 12.4. The SMILES string of the molecule is CCC(NC(=O)CCc1scnc1C)C1CC(O)C1. The van der Waals surface area contributed by atoms with Gasteiger partial charge in [-0.2, -0.15) is 0 Å². The molecule has 1 fully saturated rings. The van der Waals surface area contributed by atoms with Gasteiger partial charge in [0, 0.05) is 17.3 Å². The number of aryl methyl sites for hydroxylation is 2. The second-order valence-corrected chi connectivity index (χ2v) is 6.27. The van der Waals surface area contributed by atoms with Crippen LogP contribution in [0.4, 0.5) is 0 Å². The van der Waals surface area contributed by atoms with Crippen molar-refractivity contribution in [3.63, 3.8) is 0 Å². The summed E-state index contributed by atoms with van der Waals surface area (Å²) in [4.78, 5) is 17.3. The van der Waals surface area contributed by atoms with E-state index in [0.717, 1.165) is 31.4 Å². The van der Waals surface area contributed by atoms with E-state index in [1.54, 1.807) is 11.3 Å². The largest absolute Gasteiger partial charge is 0.393 e. The van der Waals surface area contributed by atoms with E-state index in [0.29, 0.717) is 12.3 Å². The van der Waals surface area contributed by atoms with Crippen molar-refractivity contribution in [2.75, 3.05) is 0 Å². The standard InChI is InChI=1S/C14H22N2O2S/c1-3-12(10-6-11(17)7-10)16-14(18)5-4-13-9(2)15-8-19-13/h8,10-12,17H,3-7H2,1-2H3,(H,16,18). The van der Waals surface area contributed by atoms with Crippen LogP contribution >= 0.6 is 11.3 Å². The van der Waals surface area contributed by atoms with Crippen LogP contribution in [0.25, 0.3) is 0 Å². The minimum Gasteiger partial charge on any atom is -0.393 e. The maximum Gasteiger partial charge on any atom is 0.220 e. The number of nitrogens with zero attached hydrogens (tertiary/aromatic N) is 1. The lowest BCUT2D eigenvalue weighted by Crippen LogP contribution is -2.46. The van der Waals surface area contributed by atoms with Crippen LogP contribution in [-0.4, -0.2) is 28.1 Å². The molecular formula is C14H22N2O2S. The van der Waals surface area contributed by atoms with E-state index >= 15 is 0 Å². The van der Waals surface area contributed by atoms with Crippen molar-refractivity contribution in [3.8, 4) is 0 Å². The molecule has 1 aliphatic carbocycles. The first-order valence-corrected chi connectivity index (χ1v) is 7.84. The van der Waals surface area contributed by atoms with Gasteiger partial charge in [-0.1, -0.05) is 6.92 Å². The number of carbonyl (C=O) groups excluding carboxylic acids is 1. The molecule has 0 spiro atoms. The summed E-state index contributed by atoms with van der Waals surface area (Å²) in [5.41, 5.74) is 2.86. The summed E-state index contributed by atoms with van der Waals surface area (Å²) in [6.07, 6.45) is 3.72. The van der Waals surface area contributed by atoms with E-state index in [-0.39, 0.29) is 18.1 Å². The van der Waals surface area contributed by atoms with Crippen molar-refractivity contribution in [1.82, 2.24) is 10.3 Å². The van der Waals surface area contributed by atoms with E-state index in [2.05, 4.69) is 17.2 Å². The third-order valence-electron chi connectivity index (χ3n) is 3.93. The van der Waals surface area contributed by atoms with Gasteiger partial charge in [-0.25, -0.2) is 4.98 Å². The quantitative estimate of drug-likeness (QED) is 0.839. The van der Waals surface area contributed by atoms with E-state index in [4.69, 9.17) is 0 Å². The Morgan fingerprint density at radius 2 is 2.37 bits per heavy atom. The summed E-state index contributed by atoms with van der Waals surface area (Å²) in [6, 6.07) is 0.221. The highest BCUT2D eigenvalue weighted by Crippen LogP contribution is 2.31. The lowest BCUT2D eigenvalue weighted by Gasteiger charge is -2.37. The Morgan fingerprint density at radius 3 is 2.89 bits per heavy atom. The van der Waals surface area contributed by atoms with Crippen LogP contribution in [0.3, 0.4) is 0 Å². The molecule has 5 heteroatoms. The van der Waals surface area contributed by atoms with E-state index < -0.39 is 0 Å². The zero-order valence-electron chi connectivity index (χ0n) is 11.6. The van der Waals surface area contributed by atoms with Gasteiger partial charge < -0.3 is 10.4 Å². The van der Waals surface area contributed by atoms with Gasteiger partial charge in [0.1, 0.15) is 0 Å². The number of hydrogen-bond donors (Lipinski definition) is 2. The predicted molar refractivity (Wildman–Crippen MR) is 76.1 cm³/mol. The van der Waals surface area contributed by atoms with Crippen LogP contribution in [0, 0.1) is 12.8 Å². The van der Waals surface area contributed by atoms with Gasteiger partial charge >= 0.3 is 0 Å². The molecule has 2 rings (SSSR count). The highest BCUT2D eigenvalue weighted by atomic mass is 32.1. The molecule has 1 amide bonds. The Kier molecular flexibility index (Phi) is 4.93. The molecule has 1 saturated carbocycles. The van der Waals surface area contributed by atoms with Gasteiger partial charge in [-0.3, -0.25) is 4.79 Å². The lowest BCUT2D eigenvalue weighted by molar-refractivity contribution is -0.122. The first-order chi connectivity index (χ1) is 9.10. The van der Waals surface area contributed by atoms with Crippen LogP contribution in [-0.2, 0) is 11.2 Å². The summed E-state index contributed by atoms with van der Waals surface area (Å²) in [5.74, 6) is 0.565. The number of carbonyl (C=O) groups is 1. The Labute approximate surface area is 118 Å². The first kappa shape index (κ1) is 14.5. The van der Waals surface area contributed by atoms with Crippen molar-refractivity contribution in [1.29, 1.82) is 0 Å². The van der Waals surface area contributed by atoms with E-state index in [9.17, 15) is 9.90 Å². The second-order valence-electron chi connectivity index (χ2n) is 5.33. The molecule has 106 valence electrons. The van der Waals surface area contributed by atoms with E-state index in [1.165, 1.54) is 4.88 Å². The summed E-state index contributed by atoms with van der Waals surface area (Å²) in [5, 5.41) is 12.4. The normalized spacial score (nSPS) is 23.7. The molecule has 0 bridgehead atoms. The third kappa shape index (κ3) is 3.76. The average molecular weight is 282 g/mol. The van der Waals surface area contributed by atoms with Gasteiger partial charge in [-0.15, -0.1) is 11.3 Å². The molecule has 0 saturated heterocycles. The monoisotopic (exact) mass is 282 g/mol. The molecule has 4 nitrogen and oxygen atoms in total. The molecule has 0 radical (unpaired) electrons.